The Hall–Kier alpha value is -2.13. The number of benzene rings is 1. The van der Waals surface area contributed by atoms with E-state index in [9.17, 15) is 18.0 Å². The molecule has 9 heteroatoms. The third-order valence-corrected chi connectivity index (χ3v) is 7.26. The molecule has 2 aliphatic carbocycles. The Kier molecular flexibility index (Phi) is 7.59. The number of nitrogens with two attached hydrogens (primary N) is 1. The van der Waals surface area contributed by atoms with Crippen molar-refractivity contribution >= 4 is 27.5 Å². The van der Waals surface area contributed by atoms with Crippen LogP contribution in [0.2, 0.25) is 0 Å². The summed E-state index contributed by atoms with van der Waals surface area (Å²) in [4.78, 5) is 27.1. The summed E-state index contributed by atoms with van der Waals surface area (Å²) in [5.74, 6) is 0.253. The van der Waals surface area contributed by atoms with Crippen LogP contribution >= 0.6 is 0 Å². The van der Waals surface area contributed by atoms with Crippen molar-refractivity contribution in [2.24, 2.45) is 17.6 Å². The first kappa shape index (κ1) is 23.5. The van der Waals surface area contributed by atoms with Crippen molar-refractivity contribution in [1.82, 2.24) is 10.2 Å². The van der Waals surface area contributed by atoms with E-state index in [1.54, 1.807) is 24.3 Å². The van der Waals surface area contributed by atoms with Crippen LogP contribution in [0.4, 0.5) is 5.69 Å². The Morgan fingerprint density at radius 3 is 2.35 bits per heavy atom. The fraction of sp³-hybridized carbons (Fsp3) is 0.636. The number of anilines is 1. The monoisotopic (exact) mass is 450 g/mol. The fourth-order valence-corrected chi connectivity index (χ4v) is 5.02. The number of nitrogens with one attached hydrogen (secondary N) is 2. The lowest BCUT2D eigenvalue weighted by Crippen LogP contribution is -2.52. The molecule has 4 N–H and O–H groups in total. The first-order valence-corrected chi connectivity index (χ1v) is 12.9. The summed E-state index contributed by atoms with van der Waals surface area (Å²) in [5, 5.41) is 2.93. The van der Waals surface area contributed by atoms with Gasteiger partial charge in [-0.1, -0.05) is 12.1 Å². The molecule has 1 aromatic carbocycles. The molecule has 0 heterocycles. The van der Waals surface area contributed by atoms with E-state index in [0.717, 1.165) is 44.8 Å². The molecule has 0 bridgehead atoms. The molecule has 2 saturated carbocycles. The van der Waals surface area contributed by atoms with Gasteiger partial charge < -0.3 is 16.0 Å². The van der Waals surface area contributed by atoms with Gasteiger partial charge in [-0.15, -0.1) is 0 Å². The van der Waals surface area contributed by atoms with Crippen molar-refractivity contribution in [3.63, 3.8) is 0 Å². The highest BCUT2D eigenvalue weighted by Gasteiger charge is 2.34. The number of nitrogens with zero attached hydrogens (tertiary/aromatic N) is 1. The smallest absolute Gasteiger partial charge is 0.253 e. The fourth-order valence-electron chi connectivity index (χ4n) is 4.44. The molecule has 2 aliphatic rings. The highest BCUT2D eigenvalue weighted by atomic mass is 32.2. The maximum absolute atomic E-state index is 12.7. The van der Waals surface area contributed by atoms with Crippen LogP contribution in [0.3, 0.4) is 0 Å². The van der Waals surface area contributed by atoms with Gasteiger partial charge in [-0.05, 0) is 68.9 Å². The van der Waals surface area contributed by atoms with Gasteiger partial charge in [0.1, 0.15) is 0 Å². The molecular weight excluding hydrogens is 416 g/mol. The standard InChI is InChI=1S/C22H34N4O4S/c1-26(17-6-5-7-17)22(28)20(23)16-12-10-15(11-13-16)14-24-21(27)18-8-3-4-9-19(18)25-31(2,29)30/h3-4,8-9,15-17,20,25H,5-7,10-14,23H2,1-2H3,(H,24,27)/t15?,16?,20-/m0/s1. The minimum absolute atomic E-state index is 0.0523. The lowest BCUT2D eigenvalue weighted by Gasteiger charge is -2.38. The largest absolute Gasteiger partial charge is 0.352 e. The second kappa shape index (κ2) is 9.99. The van der Waals surface area contributed by atoms with Crippen LogP contribution in [0.1, 0.15) is 55.3 Å². The number of hydrogen-bond acceptors (Lipinski definition) is 5. The van der Waals surface area contributed by atoms with Gasteiger partial charge in [0, 0.05) is 19.6 Å². The molecule has 1 atom stereocenters. The number of rotatable bonds is 8. The molecule has 0 aromatic heterocycles. The Bertz CT molecular complexity index is 893. The zero-order chi connectivity index (χ0) is 22.6. The zero-order valence-electron chi connectivity index (χ0n) is 18.3. The minimum Gasteiger partial charge on any atom is -0.352 e. The van der Waals surface area contributed by atoms with Crippen molar-refractivity contribution in [2.75, 3.05) is 24.6 Å². The Labute approximate surface area is 185 Å². The lowest BCUT2D eigenvalue weighted by molar-refractivity contribution is -0.136. The van der Waals surface area contributed by atoms with Crippen molar-refractivity contribution < 1.29 is 18.0 Å². The first-order chi connectivity index (χ1) is 14.7. The molecule has 1 aromatic rings. The van der Waals surface area contributed by atoms with E-state index in [4.69, 9.17) is 5.73 Å². The number of sulfonamides is 1. The Balaban J connectivity index is 1.47. The van der Waals surface area contributed by atoms with Crippen molar-refractivity contribution in [1.29, 1.82) is 0 Å². The van der Waals surface area contributed by atoms with Gasteiger partial charge in [-0.3, -0.25) is 14.3 Å². The van der Waals surface area contributed by atoms with E-state index < -0.39 is 16.1 Å². The Morgan fingerprint density at radius 1 is 1.13 bits per heavy atom. The molecular formula is C22H34N4O4S. The van der Waals surface area contributed by atoms with Gasteiger partial charge in [0.05, 0.1) is 23.5 Å². The summed E-state index contributed by atoms with van der Waals surface area (Å²) >= 11 is 0. The SMILES string of the molecule is CN(C(=O)[C@@H](N)C1CCC(CNC(=O)c2ccccc2NS(C)(=O)=O)CC1)C1CCC1. The molecule has 31 heavy (non-hydrogen) atoms. The zero-order valence-corrected chi connectivity index (χ0v) is 19.2. The van der Waals surface area contributed by atoms with Crippen molar-refractivity contribution in [3.8, 4) is 0 Å². The van der Waals surface area contributed by atoms with Crippen LogP contribution < -0.4 is 15.8 Å². The first-order valence-electron chi connectivity index (χ1n) is 11.0. The van der Waals surface area contributed by atoms with E-state index in [1.807, 2.05) is 11.9 Å². The van der Waals surface area contributed by atoms with Crippen molar-refractivity contribution in [3.05, 3.63) is 29.8 Å². The molecule has 3 rings (SSSR count). The summed E-state index contributed by atoms with van der Waals surface area (Å²) in [6.45, 7) is 0.518. The molecule has 0 saturated heterocycles. The predicted molar refractivity (Wildman–Crippen MR) is 121 cm³/mol. The summed E-state index contributed by atoms with van der Waals surface area (Å²) in [6.07, 6.45) is 7.94. The Morgan fingerprint density at radius 2 is 1.77 bits per heavy atom. The topological polar surface area (TPSA) is 122 Å². The van der Waals surface area contributed by atoms with E-state index in [-0.39, 0.29) is 23.4 Å². The van der Waals surface area contributed by atoms with Crippen LogP contribution in [-0.4, -0.2) is 57.1 Å². The number of para-hydroxylation sites is 1. The number of hydrogen-bond donors (Lipinski definition) is 3. The van der Waals surface area contributed by atoms with E-state index in [0.29, 0.717) is 24.1 Å². The highest BCUT2D eigenvalue weighted by molar-refractivity contribution is 7.92. The highest BCUT2D eigenvalue weighted by Crippen LogP contribution is 2.32. The molecule has 2 fully saturated rings. The van der Waals surface area contributed by atoms with Gasteiger partial charge in [0.2, 0.25) is 15.9 Å². The van der Waals surface area contributed by atoms with Gasteiger partial charge in [-0.25, -0.2) is 8.42 Å². The summed E-state index contributed by atoms with van der Waals surface area (Å²) in [7, 11) is -1.61. The second-order valence-corrected chi connectivity index (χ2v) is 10.7. The number of amides is 2. The normalized spacial score (nSPS) is 22.8. The van der Waals surface area contributed by atoms with E-state index in [2.05, 4.69) is 10.0 Å². The van der Waals surface area contributed by atoms with Crippen LogP contribution in [-0.2, 0) is 14.8 Å². The van der Waals surface area contributed by atoms with Crippen LogP contribution in [0.5, 0.6) is 0 Å². The summed E-state index contributed by atoms with van der Waals surface area (Å²) in [6, 6.07) is 6.45. The molecule has 172 valence electrons. The van der Waals surface area contributed by atoms with Crippen molar-refractivity contribution in [2.45, 2.75) is 57.0 Å². The predicted octanol–water partition coefficient (Wildman–Crippen LogP) is 1.93. The molecule has 0 aliphatic heterocycles. The second-order valence-electron chi connectivity index (χ2n) is 8.97. The molecule has 0 spiro atoms. The number of carbonyl (C=O) groups is 2. The van der Waals surface area contributed by atoms with Crippen LogP contribution in [0.25, 0.3) is 0 Å². The number of likely N-dealkylation sites (N-methyl/N-ethyl adjacent to an activating group) is 1. The van der Waals surface area contributed by atoms with E-state index >= 15 is 0 Å². The van der Waals surface area contributed by atoms with Gasteiger partial charge in [0.15, 0.2) is 0 Å². The van der Waals surface area contributed by atoms with E-state index in [1.165, 1.54) is 6.42 Å². The van der Waals surface area contributed by atoms with Gasteiger partial charge in [0.25, 0.3) is 5.91 Å². The number of carbonyl (C=O) groups excluding carboxylic acids is 2. The van der Waals surface area contributed by atoms with Gasteiger partial charge >= 0.3 is 0 Å². The third-order valence-electron chi connectivity index (χ3n) is 6.67. The van der Waals surface area contributed by atoms with Crippen LogP contribution in [0, 0.1) is 11.8 Å². The third kappa shape index (κ3) is 6.20. The van der Waals surface area contributed by atoms with Gasteiger partial charge in [-0.2, -0.15) is 0 Å². The molecule has 0 unspecified atom stereocenters. The average molecular weight is 451 g/mol. The maximum Gasteiger partial charge on any atom is 0.253 e. The molecule has 2 amide bonds. The quantitative estimate of drug-likeness (QED) is 0.559. The average Bonchev–Trinajstić information content (AvgIpc) is 2.69. The summed E-state index contributed by atoms with van der Waals surface area (Å²) < 4.78 is 25.5. The van der Waals surface area contributed by atoms with Crippen LogP contribution in [0.15, 0.2) is 24.3 Å². The summed E-state index contributed by atoms with van der Waals surface area (Å²) in [5.41, 5.74) is 6.87. The molecule has 0 radical (unpaired) electrons. The minimum atomic E-state index is -3.47. The lowest BCUT2D eigenvalue weighted by atomic mass is 9.78. The maximum atomic E-state index is 12.7. The molecule has 8 nitrogen and oxygen atoms in total.